The van der Waals surface area contributed by atoms with Crippen LogP contribution in [0.1, 0.15) is 6.92 Å². The Hall–Kier alpha value is -1.70. The molecular weight excluding hydrogens is 258 g/mol. The van der Waals surface area contributed by atoms with Crippen LogP contribution in [-0.2, 0) is 16.7 Å². The summed E-state index contributed by atoms with van der Waals surface area (Å²) < 4.78 is 38.0. The Bertz CT molecular complexity index is 632. The van der Waals surface area contributed by atoms with Gasteiger partial charge in [0.1, 0.15) is 0 Å². The van der Waals surface area contributed by atoms with Gasteiger partial charge in [0.05, 0.1) is 11.0 Å². The summed E-state index contributed by atoms with van der Waals surface area (Å²) in [5.41, 5.74) is 0.604. The molecule has 6 nitrogen and oxygen atoms in total. The van der Waals surface area contributed by atoms with Crippen molar-refractivity contribution >= 4 is 10.1 Å². The highest BCUT2D eigenvalue weighted by Crippen LogP contribution is 2.21. The van der Waals surface area contributed by atoms with Crippen molar-refractivity contribution in [2.24, 2.45) is 0 Å². The lowest BCUT2D eigenvalue weighted by Gasteiger charge is -1.98. The molecule has 1 aromatic carbocycles. The fourth-order valence-electron chi connectivity index (χ4n) is 1.47. The van der Waals surface area contributed by atoms with Gasteiger partial charge in [-0.25, -0.2) is 4.52 Å². The quantitative estimate of drug-likeness (QED) is 0.670. The first-order valence-corrected chi connectivity index (χ1v) is 6.52. The van der Waals surface area contributed by atoms with Gasteiger partial charge in [0.15, 0.2) is 6.54 Å². The van der Waals surface area contributed by atoms with Crippen LogP contribution >= 0.6 is 0 Å². The van der Waals surface area contributed by atoms with Gasteiger partial charge in [-0.1, -0.05) is 12.1 Å². The maximum atomic E-state index is 11.0. The van der Waals surface area contributed by atoms with Gasteiger partial charge in [0, 0.05) is 5.56 Å². The molecular formula is C11H13NO5S. The van der Waals surface area contributed by atoms with E-state index in [9.17, 15) is 8.42 Å². The predicted molar refractivity (Wildman–Crippen MR) is 61.8 cm³/mol. The number of benzene rings is 1. The van der Waals surface area contributed by atoms with E-state index in [-0.39, 0.29) is 10.4 Å². The largest absolute Gasteiger partial charge is 0.870 e. The monoisotopic (exact) mass is 271 g/mol. The minimum absolute atomic E-state index is 0. The number of rotatable bonds is 3. The van der Waals surface area contributed by atoms with Crippen molar-refractivity contribution in [1.29, 1.82) is 0 Å². The molecule has 0 spiro atoms. The van der Waals surface area contributed by atoms with Gasteiger partial charge in [0.2, 0.25) is 12.0 Å². The summed E-state index contributed by atoms with van der Waals surface area (Å²) in [5.74, 6) is 0.553. The average Bonchev–Trinajstić information content (AvgIpc) is 2.76. The third-order valence-electron chi connectivity index (χ3n) is 2.34. The second-order valence-electron chi connectivity index (χ2n) is 3.51. The molecule has 2 rings (SSSR count). The highest BCUT2D eigenvalue weighted by Gasteiger charge is 2.14. The number of hydrogen-bond donors (Lipinski definition) is 1. The molecule has 0 aliphatic carbocycles. The molecule has 1 heterocycles. The molecule has 0 atom stereocenters. The molecule has 2 N–H and O–H groups in total. The van der Waals surface area contributed by atoms with Crippen molar-refractivity contribution < 1.29 is 27.7 Å². The SMILES string of the molecule is CC[n+]1ccc(-c2cccc(S(=O)(=O)O)c2)o1.[OH-]. The highest BCUT2D eigenvalue weighted by molar-refractivity contribution is 7.85. The molecule has 0 saturated heterocycles. The van der Waals surface area contributed by atoms with E-state index in [0.29, 0.717) is 17.9 Å². The summed E-state index contributed by atoms with van der Waals surface area (Å²) in [4.78, 5) is -0.144. The Balaban J connectivity index is 0.00000162. The predicted octanol–water partition coefficient (Wildman–Crippen LogP) is 1.32. The number of aromatic nitrogens is 1. The maximum Gasteiger partial charge on any atom is 0.294 e. The van der Waals surface area contributed by atoms with E-state index in [4.69, 9.17) is 9.08 Å². The smallest absolute Gasteiger partial charge is 0.294 e. The van der Waals surface area contributed by atoms with Gasteiger partial charge in [-0.3, -0.25) is 4.55 Å². The first kappa shape index (κ1) is 14.4. The Morgan fingerprint density at radius 3 is 2.61 bits per heavy atom. The van der Waals surface area contributed by atoms with Crippen LogP contribution in [0.4, 0.5) is 0 Å². The molecule has 0 saturated carbocycles. The minimum Gasteiger partial charge on any atom is -0.870 e. The summed E-state index contributed by atoms with van der Waals surface area (Å²) in [6.07, 6.45) is 1.76. The van der Waals surface area contributed by atoms with Gasteiger partial charge in [0.25, 0.3) is 10.1 Å². The molecule has 18 heavy (non-hydrogen) atoms. The van der Waals surface area contributed by atoms with E-state index in [1.54, 1.807) is 29.1 Å². The first-order chi connectivity index (χ1) is 8.00. The molecule has 0 aliphatic rings. The van der Waals surface area contributed by atoms with Crippen molar-refractivity contribution in [2.75, 3.05) is 0 Å². The lowest BCUT2D eigenvalue weighted by atomic mass is 10.2. The van der Waals surface area contributed by atoms with Crippen LogP contribution in [0, 0.1) is 0 Å². The van der Waals surface area contributed by atoms with E-state index < -0.39 is 10.1 Å². The van der Waals surface area contributed by atoms with E-state index in [1.807, 2.05) is 6.92 Å². The second-order valence-corrected chi connectivity index (χ2v) is 4.93. The van der Waals surface area contributed by atoms with Crippen LogP contribution in [0.25, 0.3) is 11.3 Å². The molecule has 0 bridgehead atoms. The first-order valence-electron chi connectivity index (χ1n) is 5.08. The standard InChI is InChI=1S/C11H11NO4S.H2O/c1-2-12-7-6-11(16-12)9-4-3-5-10(8-9)17(13,14)15;/h3-8H,2H2,1H3;1H2. The summed E-state index contributed by atoms with van der Waals surface area (Å²) in [6.45, 7) is 2.62. The fourth-order valence-corrected chi connectivity index (χ4v) is 1.99. The molecule has 0 radical (unpaired) electrons. The zero-order valence-corrected chi connectivity index (χ0v) is 10.5. The van der Waals surface area contributed by atoms with Gasteiger partial charge in [-0.15, -0.1) is 0 Å². The normalized spacial score (nSPS) is 11.0. The maximum absolute atomic E-state index is 11.0. The number of hydrogen-bond acceptors (Lipinski definition) is 4. The Morgan fingerprint density at radius 2 is 2.06 bits per heavy atom. The Kier molecular flexibility index (Phi) is 4.23. The molecule has 1 aromatic heterocycles. The van der Waals surface area contributed by atoms with E-state index >= 15 is 0 Å². The van der Waals surface area contributed by atoms with Crippen LogP contribution in [0.3, 0.4) is 0 Å². The van der Waals surface area contributed by atoms with Crippen LogP contribution < -0.4 is 4.74 Å². The topological polar surface area (TPSA) is 101 Å². The molecule has 2 aromatic rings. The van der Waals surface area contributed by atoms with Crippen LogP contribution in [0.15, 0.2) is 45.9 Å². The van der Waals surface area contributed by atoms with Crippen molar-refractivity contribution in [3.8, 4) is 11.3 Å². The summed E-state index contributed by atoms with van der Waals surface area (Å²) in [7, 11) is -4.18. The third-order valence-corrected chi connectivity index (χ3v) is 3.19. The zero-order valence-electron chi connectivity index (χ0n) is 9.65. The van der Waals surface area contributed by atoms with E-state index in [1.165, 1.54) is 12.1 Å². The van der Waals surface area contributed by atoms with E-state index in [2.05, 4.69) is 0 Å². The van der Waals surface area contributed by atoms with Crippen LogP contribution in [-0.4, -0.2) is 18.4 Å². The number of aryl methyl sites for hydroxylation is 1. The van der Waals surface area contributed by atoms with Crippen molar-refractivity contribution in [2.45, 2.75) is 18.4 Å². The van der Waals surface area contributed by atoms with Crippen LogP contribution in [0.2, 0.25) is 0 Å². The van der Waals surface area contributed by atoms with Gasteiger partial charge >= 0.3 is 0 Å². The van der Waals surface area contributed by atoms with Crippen molar-refractivity contribution in [1.82, 2.24) is 0 Å². The molecule has 0 aliphatic heterocycles. The van der Waals surface area contributed by atoms with Crippen molar-refractivity contribution in [3.05, 3.63) is 36.5 Å². The summed E-state index contributed by atoms with van der Waals surface area (Å²) in [5, 5.41) is 0. The fraction of sp³-hybridized carbons (Fsp3) is 0.182. The summed E-state index contributed by atoms with van der Waals surface area (Å²) >= 11 is 0. The van der Waals surface area contributed by atoms with Crippen molar-refractivity contribution in [3.63, 3.8) is 0 Å². The summed E-state index contributed by atoms with van der Waals surface area (Å²) in [6, 6.07) is 7.71. The molecule has 98 valence electrons. The lowest BCUT2D eigenvalue weighted by molar-refractivity contribution is -0.860. The number of nitrogens with zero attached hydrogens (tertiary/aromatic N) is 1. The Morgan fingerprint density at radius 1 is 1.33 bits per heavy atom. The molecule has 0 unspecified atom stereocenters. The average molecular weight is 271 g/mol. The third kappa shape index (κ3) is 2.95. The minimum atomic E-state index is -4.18. The molecule has 7 heteroatoms. The lowest BCUT2D eigenvalue weighted by Crippen LogP contribution is -2.27. The van der Waals surface area contributed by atoms with Gasteiger partial charge in [-0.2, -0.15) is 8.42 Å². The van der Waals surface area contributed by atoms with Crippen LogP contribution in [0.5, 0.6) is 0 Å². The van der Waals surface area contributed by atoms with Gasteiger partial charge < -0.3 is 5.48 Å². The Labute approximate surface area is 105 Å². The van der Waals surface area contributed by atoms with E-state index in [0.717, 1.165) is 0 Å². The molecule has 0 fully saturated rings. The zero-order chi connectivity index (χ0) is 12.5. The second kappa shape index (κ2) is 5.30. The molecule has 0 amide bonds. The highest BCUT2D eigenvalue weighted by atomic mass is 32.2. The van der Waals surface area contributed by atoms with Gasteiger partial charge in [-0.05, 0) is 23.8 Å².